The van der Waals surface area contributed by atoms with Crippen molar-refractivity contribution >= 4 is 5.91 Å². The molecule has 3 aliphatic heterocycles. The molecule has 19 heavy (non-hydrogen) atoms. The first-order valence-corrected chi connectivity index (χ1v) is 7.85. The number of hydrogen-bond donors (Lipinski definition) is 2. The van der Waals surface area contributed by atoms with Gasteiger partial charge >= 0.3 is 0 Å². The van der Waals surface area contributed by atoms with Crippen molar-refractivity contribution in [1.29, 1.82) is 0 Å². The van der Waals surface area contributed by atoms with Gasteiger partial charge < -0.3 is 15.5 Å². The zero-order valence-electron chi connectivity index (χ0n) is 12.2. The molecular weight excluding hydrogens is 238 g/mol. The van der Waals surface area contributed by atoms with Crippen molar-refractivity contribution in [3.63, 3.8) is 0 Å². The highest BCUT2D eigenvalue weighted by molar-refractivity contribution is 5.78. The van der Waals surface area contributed by atoms with E-state index in [0.717, 1.165) is 31.7 Å². The van der Waals surface area contributed by atoms with Crippen LogP contribution >= 0.6 is 0 Å². The number of carbonyl (C=O) groups is 1. The lowest BCUT2D eigenvalue weighted by Crippen LogP contribution is -2.50. The maximum atomic E-state index is 12.1. The second kappa shape index (κ2) is 5.41. The van der Waals surface area contributed by atoms with E-state index in [-0.39, 0.29) is 11.8 Å². The molecule has 3 saturated heterocycles. The van der Waals surface area contributed by atoms with Crippen LogP contribution in [-0.4, -0.2) is 49.6 Å². The van der Waals surface area contributed by atoms with Crippen molar-refractivity contribution in [2.45, 2.75) is 44.7 Å². The van der Waals surface area contributed by atoms with E-state index >= 15 is 0 Å². The maximum Gasteiger partial charge on any atom is 0.223 e. The summed E-state index contributed by atoms with van der Waals surface area (Å²) in [5, 5.41) is 6.44. The number of fused-ring (bicyclic) bond motifs is 2. The van der Waals surface area contributed by atoms with E-state index in [0.29, 0.717) is 11.8 Å². The molecule has 2 bridgehead atoms. The van der Waals surface area contributed by atoms with Crippen LogP contribution in [0.3, 0.4) is 0 Å². The van der Waals surface area contributed by atoms with E-state index in [1.165, 1.54) is 25.7 Å². The highest BCUT2D eigenvalue weighted by Crippen LogP contribution is 2.37. The zero-order valence-corrected chi connectivity index (χ0v) is 12.2. The van der Waals surface area contributed by atoms with Crippen LogP contribution in [0.15, 0.2) is 0 Å². The van der Waals surface area contributed by atoms with E-state index in [1.807, 2.05) is 0 Å². The first kappa shape index (κ1) is 13.4. The molecule has 0 aromatic heterocycles. The number of hydrogen-bond acceptors (Lipinski definition) is 3. The largest absolute Gasteiger partial charge is 0.356 e. The molecule has 3 aliphatic rings. The molecule has 3 heterocycles. The Bertz CT molecular complexity index is 328. The van der Waals surface area contributed by atoms with Gasteiger partial charge in [0.25, 0.3) is 0 Å². The van der Waals surface area contributed by atoms with Crippen LogP contribution in [0.25, 0.3) is 0 Å². The summed E-state index contributed by atoms with van der Waals surface area (Å²) < 4.78 is 0. The van der Waals surface area contributed by atoms with E-state index in [2.05, 4.69) is 29.5 Å². The smallest absolute Gasteiger partial charge is 0.223 e. The van der Waals surface area contributed by atoms with Crippen LogP contribution in [0.2, 0.25) is 0 Å². The fraction of sp³-hybridized carbons (Fsp3) is 0.933. The summed E-state index contributed by atoms with van der Waals surface area (Å²) in [5.74, 6) is 1.68. The van der Waals surface area contributed by atoms with Crippen molar-refractivity contribution in [3.05, 3.63) is 0 Å². The van der Waals surface area contributed by atoms with Gasteiger partial charge in [0.05, 0.1) is 0 Å². The average molecular weight is 265 g/mol. The summed E-state index contributed by atoms with van der Waals surface area (Å²) in [6.45, 7) is 4.98. The van der Waals surface area contributed by atoms with Gasteiger partial charge in [0.15, 0.2) is 0 Å². The van der Waals surface area contributed by atoms with Crippen molar-refractivity contribution in [3.8, 4) is 0 Å². The van der Waals surface area contributed by atoms with Gasteiger partial charge in [0, 0.05) is 24.5 Å². The lowest BCUT2D eigenvalue weighted by molar-refractivity contribution is -0.127. The maximum absolute atomic E-state index is 12.1. The minimum Gasteiger partial charge on any atom is -0.356 e. The fourth-order valence-electron chi connectivity index (χ4n) is 3.98. The molecule has 4 heteroatoms. The molecule has 3 atom stereocenters. The topological polar surface area (TPSA) is 44.4 Å². The fourth-order valence-corrected chi connectivity index (χ4v) is 3.98. The lowest BCUT2D eigenvalue weighted by atomic mass is 9.87. The Morgan fingerprint density at radius 3 is 2.47 bits per heavy atom. The van der Waals surface area contributed by atoms with Crippen molar-refractivity contribution in [2.75, 3.05) is 26.7 Å². The first-order chi connectivity index (χ1) is 9.15. The monoisotopic (exact) mass is 265 g/mol. The van der Waals surface area contributed by atoms with E-state index in [1.54, 1.807) is 0 Å². The summed E-state index contributed by atoms with van der Waals surface area (Å²) in [5.41, 5.74) is 0. The highest BCUT2D eigenvalue weighted by atomic mass is 16.1. The number of carbonyl (C=O) groups excluding carboxylic acids is 1. The molecular formula is C15H27N3O. The third kappa shape index (κ3) is 2.65. The Kier molecular flexibility index (Phi) is 3.81. The third-order valence-electron chi connectivity index (χ3n) is 5.69. The van der Waals surface area contributed by atoms with Crippen LogP contribution in [0, 0.1) is 17.8 Å². The number of amides is 1. The van der Waals surface area contributed by atoms with E-state index in [4.69, 9.17) is 0 Å². The van der Waals surface area contributed by atoms with Gasteiger partial charge in [-0.2, -0.15) is 0 Å². The summed E-state index contributed by atoms with van der Waals surface area (Å²) in [4.78, 5) is 14.7. The van der Waals surface area contributed by atoms with Crippen LogP contribution in [0.1, 0.15) is 32.6 Å². The Morgan fingerprint density at radius 1 is 1.32 bits per heavy atom. The molecule has 0 saturated carbocycles. The molecule has 108 valence electrons. The van der Waals surface area contributed by atoms with Gasteiger partial charge in [-0.15, -0.1) is 0 Å². The summed E-state index contributed by atoms with van der Waals surface area (Å²) in [6.07, 6.45) is 5.25. The number of nitrogens with one attached hydrogen (secondary N) is 2. The summed E-state index contributed by atoms with van der Waals surface area (Å²) in [6, 6.07) is 1.54. The minimum atomic E-state index is 0.171. The molecule has 4 nitrogen and oxygen atoms in total. The van der Waals surface area contributed by atoms with Gasteiger partial charge in [0.2, 0.25) is 5.91 Å². The second-order valence-corrected chi connectivity index (χ2v) is 6.84. The lowest BCUT2D eigenvalue weighted by Gasteiger charge is -2.37. The van der Waals surface area contributed by atoms with Gasteiger partial charge in [-0.3, -0.25) is 4.79 Å². The zero-order chi connectivity index (χ0) is 13.4. The third-order valence-corrected chi connectivity index (χ3v) is 5.69. The number of nitrogens with zero attached hydrogens (tertiary/aromatic N) is 1. The molecule has 0 aliphatic carbocycles. The number of rotatable bonds is 4. The van der Waals surface area contributed by atoms with Crippen LogP contribution in [0.4, 0.5) is 0 Å². The highest BCUT2D eigenvalue weighted by Gasteiger charge is 2.38. The molecule has 0 spiro atoms. The predicted octanol–water partition coefficient (Wildman–Crippen LogP) is 0.831. The normalized spacial score (nSPS) is 36.8. The summed E-state index contributed by atoms with van der Waals surface area (Å²) >= 11 is 0. The molecule has 0 radical (unpaired) electrons. The molecule has 3 rings (SSSR count). The van der Waals surface area contributed by atoms with Crippen LogP contribution < -0.4 is 10.6 Å². The molecule has 0 aromatic carbocycles. The van der Waals surface area contributed by atoms with Crippen LogP contribution in [0.5, 0.6) is 0 Å². The van der Waals surface area contributed by atoms with Crippen molar-refractivity contribution in [1.82, 2.24) is 15.5 Å². The Balaban J connectivity index is 1.44. The first-order valence-electron chi connectivity index (χ1n) is 7.85. The van der Waals surface area contributed by atoms with E-state index < -0.39 is 0 Å². The summed E-state index contributed by atoms with van der Waals surface area (Å²) in [7, 11) is 2.27. The Labute approximate surface area is 116 Å². The molecule has 3 fully saturated rings. The van der Waals surface area contributed by atoms with Crippen molar-refractivity contribution < 1.29 is 4.79 Å². The Morgan fingerprint density at radius 2 is 1.95 bits per heavy atom. The minimum absolute atomic E-state index is 0.171. The molecule has 1 amide bonds. The standard InChI is InChI=1S/C15H27N3O/c1-10(12-8-16-9-12)15(19)17-7-11-5-13-3-4-14(6-11)18(13)2/h10-14,16H,3-9H2,1-2H3,(H,17,19). The van der Waals surface area contributed by atoms with Crippen molar-refractivity contribution in [2.24, 2.45) is 17.8 Å². The molecule has 2 N–H and O–H groups in total. The van der Waals surface area contributed by atoms with Crippen LogP contribution in [-0.2, 0) is 4.79 Å². The predicted molar refractivity (Wildman–Crippen MR) is 75.8 cm³/mol. The Hall–Kier alpha value is -0.610. The second-order valence-electron chi connectivity index (χ2n) is 6.84. The quantitative estimate of drug-likeness (QED) is 0.791. The SMILES string of the molecule is CC(C(=O)NCC1CC2CCC(C1)N2C)C1CNC1. The van der Waals surface area contributed by atoms with Gasteiger partial charge in [-0.05, 0) is 57.7 Å². The van der Waals surface area contributed by atoms with Gasteiger partial charge in [0.1, 0.15) is 0 Å². The van der Waals surface area contributed by atoms with Gasteiger partial charge in [-0.1, -0.05) is 6.92 Å². The average Bonchev–Trinajstić information content (AvgIpc) is 2.57. The molecule has 3 unspecified atom stereocenters. The van der Waals surface area contributed by atoms with Gasteiger partial charge in [-0.25, -0.2) is 0 Å². The molecule has 0 aromatic rings. The van der Waals surface area contributed by atoms with E-state index in [9.17, 15) is 4.79 Å². The number of piperidine rings is 1.